The summed E-state index contributed by atoms with van der Waals surface area (Å²) < 4.78 is 0. The number of likely N-dealkylation sites (N-methyl/N-ethyl adjacent to an activating group) is 1. The number of carbonyl (C=O) groups excluding carboxylic acids is 1. The maximum atomic E-state index is 11.6. The number of benzene rings is 1. The van der Waals surface area contributed by atoms with Gasteiger partial charge in [-0.3, -0.25) is 9.59 Å². The minimum absolute atomic E-state index is 0.187. The lowest BCUT2D eigenvalue weighted by molar-refractivity contribution is -0.143. The average molecular weight is 221 g/mol. The van der Waals surface area contributed by atoms with E-state index in [1.807, 2.05) is 31.2 Å². The Morgan fingerprint density at radius 2 is 2.06 bits per heavy atom. The summed E-state index contributed by atoms with van der Waals surface area (Å²) in [5.74, 6) is -1.19. The average Bonchev–Trinajstić information content (AvgIpc) is 2.16. The van der Waals surface area contributed by atoms with Crippen molar-refractivity contribution in [1.82, 2.24) is 4.90 Å². The van der Waals surface area contributed by atoms with Crippen LogP contribution in [0.1, 0.15) is 11.1 Å². The third-order valence-corrected chi connectivity index (χ3v) is 2.24. The molecule has 1 amide bonds. The molecule has 1 aromatic rings. The number of hydrogen-bond donors (Lipinski definition) is 1. The van der Waals surface area contributed by atoms with Crippen LogP contribution in [0.4, 0.5) is 0 Å². The van der Waals surface area contributed by atoms with Gasteiger partial charge in [-0.25, -0.2) is 0 Å². The van der Waals surface area contributed by atoms with E-state index in [0.29, 0.717) is 0 Å². The van der Waals surface area contributed by atoms with Crippen LogP contribution in [-0.2, 0) is 16.0 Å². The Kier molecular flexibility index (Phi) is 4.05. The van der Waals surface area contributed by atoms with Crippen LogP contribution in [0.3, 0.4) is 0 Å². The summed E-state index contributed by atoms with van der Waals surface area (Å²) in [4.78, 5) is 23.3. The molecule has 1 N–H and O–H groups in total. The molecule has 0 saturated heterocycles. The van der Waals surface area contributed by atoms with E-state index in [9.17, 15) is 9.59 Å². The molecule has 0 spiro atoms. The second-order valence-electron chi connectivity index (χ2n) is 3.81. The molecular weight excluding hydrogens is 206 g/mol. The Hall–Kier alpha value is -1.84. The van der Waals surface area contributed by atoms with Crippen molar-refractivity contribution in [3.8, 4) is 0 Å². The molecule has 0 aliphatic heterocycles. The Balaban J connectivity index is 2.60. The SMILES string of the molecule is Cc1cccc(CC(=O)N(C)CC(=O)O)c1. The zero-order chi connectivity index (χ0) is 12.1. The first-order valence-electron chi connectivity index (χ1n) is 5.00. The number of nitrogens with zero attached hydrogens (tertiary/aromatic N) is 1. The van der Waals surface area contributed by atoms with Gasteiger partial charge in [0.15, 0.2) is 0 Å². The quantitative estimate of drug-likeness (QED) is 0.827. The molecule has 0 heterocycles. The molecule has 0 fully saturated rings. The van der Waals surface area contributed by atoms with E-state index < -0.39 is 5.97 Å². The molecule has 1 aromatic carbocycles. The zero-order valence-electron chi connectivity index (χ0n) is 9.43. The molecule has 4 nitrogen and oxygen atoms in total. The van der Waals surface area contributed by atoms with E-state index in [2.05, 4.69) is 0 Å². The molecule has 4 heteroatoms. The van der Waals surface area contributed by atoms with Gasteiger partial charge in [0.25, 0.3) is 0 Å². The van der Waals surface area contributed by atoms with E-state index in [-0.39, 0.29) is 18.9 Å². The number of carbonyl (C=O) groups is 2. The number of hydrogen-bond acceptors (Lipinski definition) is 2. The molecule has 0 unspecified atom stereocenters. The minimum Gasteiger partial charge on any atom is -0.480 e. The van der Waals surface area contributed by atoms with Gasteiger partial charge >= 0.3 is 5.97 Å². The maximum Gasteiger partial charge on any atom is 0.323 e. The lowest BCUT2D eigenvalue weighted by Gasteiger charge is -2.14. The zero-order valence-corrected chi connectivity index (χ0v) is 9.43. The highest BCUT2D eigenvalue weighted by atomic mass is 16.4. The summed E-state index contributed by atoms with van der Waals surface area (Å²) in [5, 5.41) is 8.55. The first kappa shape index (κ1) is 12.2. The van der Waals surface area contributed by atoms with Gasteiger partial charge in [0.05, 0.1) is 6.42 Å². The fourth-order valence-electron chi connectivity index (χ4n) is 1.42. The highest BCUT2D eigenvalue weighted by Gasteiger charge is 2.12. The van der Waals surface area contributed by atoms with Crippen molar-refractivity contribution < 1.29 is 14.7 Å². The van der Waals surface area contributed by atoms with Gasteiger partial charge in [0, 0.05) is 7.05 Å². The fraction of sp³-hybridized carbons (Fsp3) is 0.333. The minimum atomic E-state index is -1.000. The molecule has 1 rings (SSSR count). The van der Waals surface area contributed by atoms with Crippen LogP contribution in [0.2, 0.25) is 0 Å². The predicted molar refractivity (Wildman–Crippen MR) is 60.2 cm³/mol. The Morgan fingerprint density at radius 3 is 2.62 bits per heavy atom. The first-order chi connectivity index (χ1) is 7.49. The molecule has 86 valence electrons. The molecule has 0 aliphatic carbocycles. The van der Waals surface area contributed by atoms with Crippen LogP contribution in [0.25, 0.3) is 0 Å². The fourth-order valence-corrected chi connectivity index (χ4v) is 1.42. The van der Waals surface area contributed by atoms with E-state index in [0.717, 1.165) is 11.1 Å². The number of carboxylic acid groups (broad SMARTS) is 1. The number of carboxylic acids is 1. The summed E-state index contributed by atoms with van der Waals surface area (Å²) in [6.07, 6.45) is 0.242. The van der Waals surface area contributed by atoms with Gasteiger partial charge in [0.1, 0.15) is 6.54 Å². The van der Waals surface area contributed by atoms with Crippen LogP contribution >= 0.6 is 0 Å². The van der Waals surface area contributed by atoms with Gasteiger partial charge in [-0.2, -0.15) is 0 Å². The van der Waals surface area contributed by atoms with E-state index >= 15 is 0 Å². The second-order valence-corrected chi connectivity index (χ2v) is 3.81. The monoisotopic (exact) mass is 221 g/mol. The van der Waals surface area contributed by atoms with Gasteiger partial charge < -0.3 is 10.0 Å². The smallest absolute Gasteiger partial charge is 0.323 e. The normalized spacial score (nSPS) is 9.88. The highest BCUT2D eigenvalue weighted by molar-refractivity contribution is 5.82. The standard InChI is InChI=1S/C12H15NO3/c1-9-4-3-5-10(6-9)7-11(14)13(2)8-12(15)16/h3-6H,7-8H2,1-2H3,(H,15,16). The van der Waals surface area contributed by atoms with Crippen molar-refractivity contribution in [3.05, 3.63) is 35.4 Å². The first-order valence-corrected chi connectivity index (χ1v) is 5.00. The molecule has 16 heavy (non-hydrogen) atoms. The van der Waals surface area contributed by atoms with Crippen molar-refractivity contribution in [3.63, 3.8) is 0 Å². The summed E-state index contributed by atoms with van der Waals surface area (Å²) in [7, 11) is 1.49. The Labute approximate surface area is 94.5 Å². The van der Waals surface area contributed by atoms with Crippen molar-refractivity contribution >= 4 is 11.9 Å². The summed E-state index contributed by atoms with van der Waals surface area (Å²) in [6.45, 7) is 1.69. The number of rotatable bonds is 4. The van der Waals surface area contributed by atoms with Crippen LogP contribution in [0, 0.1) is 6.92 Å². The van der Waals surface area contributed by atoms with Gasteiger partial charge in [-0.05, 0) is 12.5 Å². The highest BCUT2D eigenvalue weighted by Crippen LogP contribution is 2.05. The van der Waals surface area contributed by atoms with Crippen molar-refractivity contribution in [2.75, 3.05) is 13.6 Å². The van der Waals surface area contributed by atoms with E-state index in [1.54, 1.807) is 0 Å². The molecule has 0 atom stereocenters. The predicted octanol–water partition coefficient (Wildman–Crippen LogP) is 1.08. The number of aryl methyl sites for hydroxylation is 1. The molecule has 0 aromatic heterocycles. The van der Waals surface area contributed by atoms with Gasteiger partial charge in [-0.1, -0.05) is 29.8 Å². The molecule has 0 saturated carbocycles. The van der Waals surface area contributed by atoms with Crippen LogP contribution in [0.5, 0.6) is 0 Å². The van der Waals surface area contributed by atoms with E-state index in [1.165, 1.54) is 11.9 Å². The second kappa shape index (κ2) is 5.30. The summed E-state index contributed by atoms with van der Waals surface area (Å²) in [6, 6.07) is 7.62. The lowest BCUT2D eigenvalue weighted by atomic mass is 10.1. The van der Waals surface area contributed by atoms with Crippen molar-refractivity contribution in [2.24, 2.45) is 0 Å². The Morgan fingerprint density at radius 1 is 1.38 bits per heavy atom. The summed E-state index contributed by atoms with van der Waals surface area (Å²) >= 11 is 0. The van der Waals surface area contributed by atoms with Crippen molar-refractivity contribution in [1.29, 1.82) is 0 Å². The molecular formula is C12H15NO3. The third kappa shape index (κ3) is 3.73. The Bertz CT molecular complexity index is 401. The molecule has 0 radical (unpaired) electrons. The largest absolute Gasteiger partial charge is 0.480 e. The van der Waals surface area contributed by atoms with Crippen LogP contribution < -0.4 is 0 Å². The van der Waals surface area contributed by atoms with Crippen LogP contribution in [-0.4, -0.2) is 35.5 Å². The van der Waals surface area contributed by atoms with E-state index in [4.69, 9.17) is 5.11 Å². The topological polar surface area (TPSA) is 57.6 Å². The molecule has 0 aliphatic rings. The van der Waals surface area contributed by atoms with Crippen molar-refractivity contribution in [2.45, 2.75) is 13.3 Å². The molecule has 0 bridgehead atoms. The number of amides is 1. The summed E-state index contributed by atoms with van der Waals surface area (Å²) in [5.41, 5.74) is 1.99. The number of aliphatic carboxylic acids is 1. The third-order valence-electron chi connectivity index (χ3n) is 2.24. The lowest BCUT2D eigenvalue weighted by Crippen LogP contribution is -2.33. The van der Waals surface area contributed by atoms with Crippen LogP contribution in [0.15, 0.2) is 24.3 Å². The van der Waals surface area contributed by atoms with Gasteiger partial charge in [0.2, 0.25) is 5.91 Å². The van der Waals surface area contributed by atoms with Gasteiger partial charge in [-0.15, -0.1) is 0 Å². The maximum absolute atomic E-state index is 11.6.